The van der Waals surface area contributed by atoms with E-state index in [9.17, 15) is 23.3 Å². The fourth-order valence-electron chi connectivity index (χ4n) is 4.11. The zero-order valence-corrected chi connectivity index (χ0v) is 20.6. The van der Waals surface area contributed by atoms with Crippen LogP contribution in [0, 0.1) is 36.8 Å². The van der Waals surface area contributed by atoms with E-state index in [1.54, 1.807) is 43.3 Å². The molecule has 1 aliphatic rings. The van der Waals surface area contributed by atoms with Gasteiger partial charge in [0.25, 0.3) is 5.69 Å². The lowest BCUT2D eigenvalue weighted by molar-refractivity contribution is -0.384. The molecular formula is C24H27N5O5S. The number of carbonyl (C=O) groups excluding carboxylic acids is 1. The molecule has 0 saturated carbocycles. The first-order valence-electron chi connectivity index (χ1n) is 11.3. The van der Waals surface area contributed by atoms with Crippen molar-refractivity contribution >= 4 is 27.4 Å². The first kappa shape index (κ1) is 24.6. The monoisotopic (exact) mass is 497 g/mol. The number of amides is 1. The van der Waals surface area contributed by atoms with Crippen LogP contribution in [0.4, 0.5) is 11.5 Å². The molecule has 11 heteroatoms. The molecule has 0 aliphatic carbocycles. The number of sulfonamides is 1. The van der Waals surface area contributed by atoms with Crippen LogP contribution >= 0.6 is 0 Å². The number of rotatable bonds is 6. The van der Waals surface area contributed by atoms with Crippen molar-refractivity contribution in [2.24, 2.45) is 5.92 Å². The number of nitro groups is 1. The Balaban J connectivity index is 1.43. The Kier molecular flexibility index (Phi) is 6.73. The summed E-state index contributed by atoms with van der Waals surface area (Å²) in [6, 6.07) is 12.7. The molecule has 1 saturated heterocycles. The summed E-state index contributed by atoms with van der Waals surface area (Å²) in [6.45, 7) is 6.12. The van der Waals surface area contributed by atoms with Crippen molar-refractivity contribution in [1.29, 1.82) is 0 Å². The van der Waals surface area contributed by atoms with Gasteiger partial charge >= 0.3 is 0 Å². The Morgan fingerprint density at radius 1 is 1.03 bits per heavy atom. The van der Waals surface area contributed by atoms with Crippen LogP contribution in [0.2, 0.25) is 0 Å². The van der Waals surface area contributed by atoms with Gasteiger partial charge in [-0.1, -0.05) is 6.07 Å². The van der Waals surface area contributed by atoms with Crippen LogP contribution in [0.25, 0.3) is 5.69 Å². The summed E-state index contributed by atoms with van der Waals surface area (Å²) in [6.07, 6.45) is 0.807. The summed E-state index contributed by atoms with van der Waals surface area (Å²) < 4.78 is 29.1. The van der Waals surface area contributed by atoms with E-state index in [1.165, 1.54) is 21.1 Å². The van der Waals surface area contributed by atoms with Gasteiger partial charge in [-0.25, -0.2) is 13.1 Å². The van der Waals surface area contributed by atoms with E-state index in [0.717, 1.165) is 11.1 Å². The predicted molar refractivity (Wildman–Crippen MR) is 131 cm³/mol. The van der Waals surface area contributed by atoms with Crippen LogP contribution in [0.1, 0.15) is 29.7 Å². The van der Waals surface area contributed by atoms with Crippen LogP contribution in [-0.4, -0.2) is 46.4 Å². The molecule has 0 unspecified atom stereocenters. The number of aromatic nitrogens is 2. The largest absolute Gasteiger partial charge is 0.310 e. The third-order valence-electron chi connectivity index (χ3n) is 6.33. The summed E-state index contributed by atoms with van der Waals surface area (Å²) in [7, 11) is -3.62. The molecule has 10 nitrogen and oxygen atoms in total. The minimum absolute atomic E-state index is 0.0364. The average Bonchev–Trinajstić information content (AvgIpc) is 3.20. The standard InChI is InChI=1S/C24H27N5O5S/c1-16-4-9-22(14-17(16)2)35(33,34)27-12-10-19(11-13-27)24(30)25-23-15-18(3)26-28(23)20-5-7-21(8-6-20)29(31)32/h4-9,14-15,19H,10-13H2,1-3H3,(H,25,30). The van der Waals surface area contributed by atoms with Gasteiger partial charge in [-0.3, -0.25) is 14.9 Å². The van der Waals surface area contributed by atoms with Gasteiger partial charge in [0.15, 0.2) is 0 Å². The molecular weight excluding hydrogens is 470 g/mol. The lowest BCUT2D eigenvalue weighted by atomic mass is 9.97. The Hall–Kier alpha value is -3.57. The van der Waals surface area contributed by atoms with Crippen LogP contribution in [0.3, 0.4) is 0 Å². The number of nitrogens with zero attached hydrogens (tertiary/aromatic N) is 4. The Morgan fingerprint density at radius 3 is 2.29 bits per heavy atom. The molecule has 1 aliphatic heterocycles. The van der Waals surface area contributed by atoms with Gasteiger partial charge in [0, 0.05) is 37.2 Å². The highest BCUT2D eigenvalue weighted by molar-refractivity contribution is 7.89. The third-order valence-corrected chi connectivity index (χ3v) is 8.22. The quantitative estimate of drug-likeness (QED) is 0.408. The highest BCUT2D eigenvalue weighted by Crippen LogP contribution is 2.27. The van der Waals surface area contributed by atoms with Gasteiger partial charge in [0.05, 0.1) is 21.2 Å². The van der Waals surface area contributed by atoms with Gasteiger partial charge < -0.3 is 5.32 Å². The predicted octanol–water partition coefficient (Wildman–Crippen LogP) is 3.75. The normalized spacial score (nSPS) is 15.2. The second-order valence-electron chi connectivity index (χ2n) is 8.77. The van der Waals surface area contributed by atoms with Gasteiger partial charge in [-0.2, -0.15) is 9.40 Å². The number of hydrogen-bond donors (Lipinski definition) is 1. The van der Waals surface area contributed by atoms with Gasteiger partial charge in [-0.05, 0) is 69.0 Å². The van der Waals surface area contributed by atoms with E-state index >= 15 is 0 Å². The van der Waals surface area contributed by atoms with Crippen LogP contribution in [0.5, 0.6) is 0 Å². The number of hydrogen-bond acceptors (Lipinski definition) is 6. The molecule has 1 amide bonds. The van der Waals surface area contributed by atoms with E-state index in [-0.39, 0.29) is 35.5 Å². The van der Waals surface area contributed by atoms with Crippen LogP contribution in [0.15, 0.2) is 53.4 Å². The Labute approximate surface area is 203 Å². The molecule has 4 rings (SSSR count). The van der Waals surface area contributed by atoms with E-state index in [2.05, 4.69) is 10.4 Å². The van der Waals surface area contributed by atoms with E-state index < -0.39 is 14.9 Å². The Bertz CT molecular complexity index is 1370. The van der Waals surface area contributed by atoms with Crippen molar-refractivity contribution in [3.8, 4) is 5.69 Å². The Morgan fingerprint density at radius 2 is 1.69 bits per heavy atom. The molecule has 184 valence electrons. The number of benzene rings is 2. The molecule has 2 aromatic carbocycles. The fraction of sp³-hybridized carbons (Fsp3) is 0.333. The smallest absolute Gasteiger partial charge is 0.269 e. The summed E-state index contributed by atoms with van der Waals surface area (Å²) in [4.78, 5) is 23.7. The molecule has 0 spiro atoms. The minimum atomic E-state index is -3.62. The summed E-state index contributed by atoms with van der Waals surface area (Å²) >= 11 is 0. The average molecular weight is 498 g/mol. The number of nitrogens with one attached hydrogen (secondary N) is 1. The van der Waals surface area contributed by atoms with Crippen LogP contribution < -0.4 is 5.32 Å². The molecule has 0 radical (unpaired) electrons. The van der Waals surface area contributed by atoms with Gasteiger partial charge in [0.2, 0.25) is 15.9 Å². The molecule has 2 heterocycles. The van der Waals surface area contributed by atoms with Crippen molar-refractivity contribution in [3.05, 3.63) is 75.5 Å². The molecule has 1 N–H and O–H groups in total. The highest BCUT2D eigenvalue weighted by atomic mass is 32.2. The molecule has 1 aromatic heterocycles. The molecule has 0 atom stereocenters. The maximum atomic E-state index is 13.1. The number of anilines is 1. The van der Waals surface area contributed by atoms with Crippen molar-refractivity contribution in [2.45, 2.75) is 38.5 Å². The zero-order chi connectivity index (χ0) is 25.3. The maximum Gasteiger partial charge on any atom is 0.269 e. The van der Waals surface area contributed by atoms with Crippen LogP contribution in [-0.2, 0) is 14.8 Å². The number of nitro benzene ring substituents is 1. The van der Waals surface area contributed by atoms with E-state index in [1.807, 2.05) is 13.8 Å². The minimum Gasteiger partial charge on any atom is -0.310 e. The lowest BCUT2D eigenvalue weighted by Crippen LogP contribution is -2.41. The molecule has 3 aromatic rings. The highest BCUT2D eigenvalue weighted by Gasteiger charge is 2.32. The van der Waals surface area contributed by atoms with Crippen molar-refractivity contribution in [2.75, 3.05) is 18.4 Å². The number of piperidine rings is 1. The summed E-state index contributed by atoms with van der Waals surface area (Å²) in [5, 5.41) is 18.2. The third kappa shape index (κ3) is 5.10. The first-order valence-corrected chi connectivity index (χ1v) is 12.7. The zero-order valence-electron chi connectivity index (χ0n) is 19.8. The molecule has 35 heavy (non-hydrogen) atoms. The van der Waals surface area contributed by atoms with Gasteiger partial charge in [0.1, 0.15) is 5.82 Å². The SMILES string of the molecule is Cc1cc(NC(=O)C2CCN(S(=O)(=O)c3ccc(C)c(C)c3)CC2)n(-c2ccc([N+](=O)[O-])cc2)n1. The molecule has 1 fully saturated rings. The van der Waals surface area contributed by atoms with E-state index in [4.69, 9.17) is 0 Å². The molecule has 0 bridgehead atoms. The second-order valence-corrected chi connectivity index (χ2v) is 10.7. The number of non-ortho nitro benzene ring substituents is 1. The van der Waals surface area contributed by atoms with Crippen molar-refractivity contribution in [1.82, 2.24) is 14.1 Å². The van der Waals surface area contributed by atoms with Crippen molar-refractivity contribution in [3.63, 3.8) is 0 Å². The fourth-order valence-corrected chi connectivity index (χ4v) is 5.67. The van der Waals surface area contributed by atoms with Gasteiger partial charge in [-0.15, -0.1) is 0 Å². The van der Waals surface area contributed by atoms with Crippen molar-refractivity contribution < 1.29 is 18.1 Å². The number of aryl methyl sites for hydroxylation is 3. The first-order chi connectivity index (χ1) is 16.6. The second kappa shape index (κ2) is 9.59. The summed E-state index contributed by atoms with van der Waals surface area (Å²) in [5.74, 6) is -0.107. The lowest BCUT2D eigenvalue weighted by Gasteiger charge is -2.30. The topological polar surface area (TPSA) is 127 Å². The number of carbonyl (C=O) groups is 1. The summed E-state index contributed by atoms with van der Waals surface area (Å²) in [5.41, 5.74) is 3.16. The van der Waals surface area contributed by atoms with E-state index in [0.29, 0.717) is 30.0 Å². The maximum absolute atomic E-state index is 13.1.